The number of rotatable bonds is 47. The van der Waals surface area contributed by atoms with Crippen molar-refractivity contribution in [2.75, 3.05) is 211 Å². The van der Waals surface area contributed by atoms with Gasteiger partial charge in [-0.25, -0.2) is 0 Å². The molecular weight excluding hydrogens is 682 g/mol. The Hall–Kier alpha value is -1.33. The molecule has 0 atom stereocenters. The number of hydrogen-bond acceptors (Lipinski definition) is 17. The van der Waals surface area contributed by atoms with Crippen LogP contribution in [0.25, 0.3) is 10.4 Å². The van der Waals surface area contributed by atoms with Crippen molar-refractivity contribution in [3.63, 3.8) is 0 Å². The molecule has 0 saturated carbocycles. The van der Waals surface area contributed by atoms with Gasteiger partial charge in [0.2, 0.25) is 0 Å². The summed E-state index contributed by atoms with van der Waals surface area (Å²) in [5.41, 5.74) is 8.14. The van der Waals surface area contributed by atoms with Gasteiger partial charge in [-0.05, 0) is 5.53 Å². The molecular formula is C32H65N3O16. The van der Waals surface area contributed by atoms with Gasteiger partial charge in [-0.15, -0.1) is 0 Å². The lowest BCUT2D eigenvalue weighted by molar-refractivity contribution is -0.0301. The Labute approximate surface area is 303 Å². The molecule has 0 aliphatic rings. The molecule has 0 amide bonds. The summed E-state index contributed by atoms with van der Waals surface area (Å²) in [5, 5.41) is 12.0. The first-order chi connectivity index (χ1) is 25.4. The van der Waals surface area contributed by atoms with E-state index in [-0.39, 0.29) is 6.61 Å². The van der Waals surface area contributed by atoms with Crippen molar-refractivity contribution < 1.29 is 76.2 Å². The first kappa shape index (κ1) is 49.7. The third-order valence-electron chi connectivity index (χ3n) is 5.84. The molecule has 0 spiro atoms. The van der Waals surface area contributed by atoms with Crippen molar-refractivity contribution in [2.24, 2.45) is 5.11 Å². The van der Waals surface area contributed by atoms with E-state index in [2.05, 4.69) is 10.0 Å². The maximum atomic E-state index is 8.58. The lowest BCUT2D eigenvalue weighted by Gasteiger charge is -2.09. The van der Waals surface area contributed by atoms with E-state index in [1.54, 1.807) is 0 Å². The van der Waals surface area contributed by atoms with Crippen LogP contribution in [0.15, 0.2) is 5.11 Å². The normalized spacial score (nSPS) is 11.4. The molecule has 51 heavy (non-hydrogen) atoms. The number of ether oxygens (including phenoxy) is 15. The fourth-order valence-electron chi connectivity index (χ4n) is 3.40. The van der Waals surface area contributed by atoms with Crippen LogP contribution in [0, 0.1) is 0 Å². The first-order valence-electron chi connectivity index (χ1n) is 17.7. The van der Waals surface area contributed by atoms with E-state index >= 15 is 0 Å². The van der Waals surface area contributed by atoms with Crippen molar-refractivity contribution in [3.8, 4) is 0 Å². The molecule has 0 aliphatic carbocycles. The zero-order valence-electron chi connectivity index (χ0n) is 30.5. The molecule has 0 unspecified atom stereocenters. The van der Waals surface area contributed by atoms with Crippen molar-refractivity contribution >= 4 is 0 Å². The average Bonchev–Trinajstić information content (AvgIpc) is 3.14. The second-order valence-corrected chi connectivity index (χ2v) is 9.86. The SMILES string of the molecule is [N-]=[N+]=NCCOCCOCCOCCOCCOCCOCCOCCOCCOCCOCCOCCOCCOCCOCCOCCO. The molecule has 0 rings (SSSR count). The van der Waals surface area contributed by atoms with Crippen molar-refractivity contribution in [1.29, 1.82) is 0 Å². The maximum absolute atomic E-state index is 8.58. The molecule has 0 heterocycles. The molecule has 0 aromatic rings. The molecule has 0 aromatic carbocycles. The fraction of sp³-hybridized carbons (Fsp3) is 1.00. The van der Waals surface area contributed by atoms with Crippen LogP contribution >= 0.6 is 0 Å². The summed E-state index contributed by atoms with van der Waals surface area (Å²) < 4.78 is 81.0. The number of aliphatic hydroxyl groups excluding tert-OH is 1. The first-order valence-corrected chi connectivity index (χ1v) is 17.7. The van der Waals surface area contributed by atoms with Crippen LogP contribution in [-0.4, -0.2) is 216 Å². The predicted octanol–water partition coefficient (Wildman–Crippen LogP) is 0.538. The summed E-state index contributed by atoms with van der Waals surface area (Å²) in [4.78, 5) is 2.64. The highest BCUT2D eigenvalue weighted by atomic mass is 16.6. The van der Waals surface area contributed by atoms with Gasteiger partial charge in [0.25, 0.3) is 0 Å². The molecule has 304 valence electrons. The monoisotopic (exact) mass is 747 g/mol. The second-order valence-electron chi connectivity index (χ2n) is 9.86. The van der Waals surface area contributed by atoms with E-state index in [9.17, 15) is 0 Å². The molecule has 0 aliphatic heterocycles. The Kier molecular flexibility index (Phi) is 47.4. The van der Waals surface area contributed by atoms with Gasteiger partial charge in [0, 0.05) is 11.5 Å². The summed E-state index contributed by atoms with van der Waals surface area (Å²) >= 11 is 0. The minimum Gasteiger partial charge on any atom is -0.394 e. The summed E-state index contributed by atoms with van der Waals surface area (Å²) in [6.45, 7) is 14.8. The van der Waals surface area contributed by atoms with Gasteiger partial charge in [0.15, 0.2) is 0 Å². The lowest BCUT2D eigenvalue weighted by atomic mass is 10.6. The topological polar surface area (TPSA) is 207 Å². The summed E-state index contributed by atoms with van der Waals surface area (Å²) in [7, 11) is 0. The summed E-state index contributed by atoms with van der Waals surface area (Å²) in [5.74, 6) is 0. The van der Waals surface area contributed by atoms with E-state index in [1.807, 2.05) is 0 Å². The summed E-state index contributed by atoms with van der Waals surface area (Å²) in [6.07, 6.45) is 0. The van der Waals surface area contributed by atoms with Gasteiger partial charge >= 0.3 is 0 Å². The Morgan fingerprint density at radius 1 is 0.275 bits per heavy atom. The third kappa shape index (κ3) is 48.7. The zero-order chi connectivity index (χ0) is 36.6. The van der Waals surface area contributed by atoms with Crippen LogP contribution in [0.1, 0.15) is 0 Å². The molecule has 1 N–H and O–H groups in total. The van der Waals surface area contributed by atoms with Gasteiger partial charge in [-0.3, -0.25) is 0 Å². The highest BCUT2D eigenvalue weighted by molar-refractivity contribution is 4.44. The second kappa shape index (κ2) is 48.7. The fourth-order valence-corrected chi connectivity index (χ4v) is 3.40. The van der Waals surface area contributed by atoms with Gasteiger partial charge in [-0.1, -0.05) is 5.11 Å². The van der Waals surface area contributed by atoms with E-state index in [4.69, 9.17) is 81.7 Å². The van der Waals surface area contributed by atoms with Gasteiger partial charge < -0.3 is 76.2 Å². The highest BCUT2D eigenvalue weighted by Crippen LogP contribution is 1.88. The largest absolute Gasteiger partial charge is 0.394 e. The van der Waals surface area contributed by atoms with E-state index in [1.165, 1.54) is 0 Å². The molecule has 0 bridgehead atoms. The van der Waals surface area contributed by atoms with Crippen LogP contribution < -0.4 is 0 Å². The van der Waals surface area contributed by atoms with Crippen LogP contribution in [0.3, 0.4) is 0 Å². The van der Waals surface area contributed by atoms with Gasteiger partial charge in [0.05, 0.1) is 205 Å². The molecule has 0 fully saturated rings. The molecule has 19 heteroatoms. The van der Waals surface area contributed by atoms with Crippen LogP contribution in [0.2, 0.25) is 0 Å². The number of azide groups is 1. The van der Waals surface area contributed by atoms with Gasteiger partial charge in [0.1, 0.15) is 0 Å². The highest BCUT2D eigenvalue weighted by Gasteiger charge is 1.97. The number of hydrogen-bond donors (Lipinski definition) is 1. The Balaban J connectivity index is 3.05. The maximum Gasteiger partial charge on any atom is 0.0701 e. The van der Waals surface area contributed by atoms with Crippen molar-refractivity contribution in [2.45, 2.75) is 0 Å². The van der Waals surface area contributed by atoms with E-state index < -0.39 is 0 Å². The average molecular weight is 748 g/mol. The van der Waals surface area contributed by atoms with E-state index in [0.29, 0.717) is 205 Å². The Morgan fingerprint density at radius 3 is 0.588 bits per heavy atom. The third-order valence-corrected chi connectivity index (χ3v) is 5.84. The Morgan fingerprint density at radius 2 is 0.431 bits per heavy atom. The Bertz CT molecular complexity index is 686. The van der Waals surface area contributed by atoms with E-state index in [0.717, 1.165) is 0 Å². The van der Waals surface area contributed by atoms with Crippen LogP contribution in [0.5, 0.6) is 0 Å². The quantitative estimate of drug-likeness (QED) is 0.0390. The smallest absolute Gasteiger partial charge is 0.0701 e. The van der Waals surface area contributed by atoms with Crippen LogP contribution in [0.4, 0.5) is 0 Å². The predicted molar refractivity (Wildman–Crippen MR) is 183 cm³/mol. The molecule has 19 nitrogen and oxygen atoms in total. The molecule has 0 saturated heterocycles. The van der Waals surface area contributed by atoms with Crippen molar-refractivity contribution in [3.05, 3.63) is 10.4 Å². The minimum atomic E-state index is 0.0207. The lowest BCUT2D eigenvalue weighted by Crippen LogP contribution is -2.15. The van der Waals surface area contributed by atoms with Gasteiger partial charge in [-0.2, -0.15) is 0 Å². The number of nitrogens with zero attached hydrogens (tertiary/aromatic N) is 3. The standard InChI is InChI=1S/C32H65N3O16/c33-35-34-1-3-37-5-7-39-9-11-41-13-15-43-17-19-45-21-23-47-25-27-49-29-31-51-32-30-50-28-26-48-24-22-46-20-18-44-16-14-42-12-10-40-8-6-38-4-2-36/h36H,1-32H2. The van der Waals surface area contributed by atoms with Crippen molar-refractivity contribution in [1.82, 2.24) is 0 Å². The minimum absolute atomic E-state index is 0.0207. The van der Waals surface area contributed by atoms with Crippen LogP contribution in [-0.2, 0) is 71.1 Å². The number of aliphatic hydroxyl groups is 1. The molecule has 0 aromatic heterocycles. The zero-order valence-corrected chi connectivity index (χ0v) is 30.5. The summed E-state index contributed by atoms with van der Waals surface area (Å²) in [6, 6.07) is 0. The molecule has 0 radical (unpaired) electrons.